The third kappa shape index (κ3) is 5.82. The Bertz CT molecular complexity index is 819. The van der Waals surface area contributed by atoms with Gasteiger partial charge in [-0.05, 0) is 37.1 Å². The zero-order valence-corrected chi connectivity index (χ0v) is 18.2. The molecule has 1 saturated carbocycles. The van der Waals surface area contributed by atoms with E-state index < -0.39 is 11.8 Å². The number of carbonyl (C=O) groups is 2. The van der Waals surface area contributed by atoms with Crippen molar-refractivity contribution in [3.63, 3.8) is 0 Å². The Morgan fingerprint density at radius 3 is 2.43 bits per heavy atom. The van der Waals surface area contributed by atoms with Crippen LogP contribution >= 0.6 is 23.1 Å². The molecule has 0 spiro atoms. The van der Waals surface area contributed by atoms with Crippen molar-refractivity contribution in [1.29, 1.82) is 0 Å². The molecule has 1 fully saturated rings. The Labute approximate surface area is 174 Å². The molecule has 1 aliphatic carbocycles. The number of benzene rings is 1. The average Bonchev–Trinajstić information content (AvgIpc) is 3.32. The minimum atomic E-state index is -0.664. The van der Waals surface area contributed by atoms with E-state index in [0.29, 0.717) is 10.9 Å². The van der Waals surface area contributed by atoms with Gasteiger partial charge in [-0.25, -0.2) is 4.98 Å². The highest BCUT2D eigenvalue weighted by molar-refractivity contribution is 8.00. The normalized spacial score (nSPS) is 14.8. The van der Waals surface area contributed by atoms with Crippen LogP contribution in [0.25, 0.3) is 0 Å². The first-order valence-electron chi connectivity index (χ1n) is 9.62. The van der Waals surface area contributed by atoms with Gasteiger partial charge in [0.15, 0.2) is 0 Å². The molecule has 1 aromatic carbocycles. The van der Waals surface area contributed by atoms with Crippen molar-refractivity contribution in [1.82, 2.24) is 10.3 Å². The van der Waals surface area contributed by atoms with Gasteiger partial charge in [-0.1, -0.05) is 33.6 Å². The van der Waals surface area contributed by atoms with Gasteiger partial charge in [0.05, 0.1) is 17.2 Å². The molecule has 28 heavy (non-hydrogen) atoms. The summed E-state index contributed by atoms with van der Waals surface area (Å²) >= 11 is 3.46. The first-order chi connectivity index (χ1) is 13.3. The topological polar surface area (TPSA) is 71.1 Å². The Kier molecular flexibility index (Phi) is 6.78. The summed E-state index contributed by atoms with van der Waals surface area (Å²) in [6, 6.07) is 7.69. The number of nitrogens with one attached hydrogen (secondary N) is 2. The molecule has 3 rings (SSSR count). The fourth-order valence-corrected chi connectivity index (χ4v) is 5.14. The molecule has 1 heterocycles. The van der Waals surface area contributed by atoms with Crippen LogP contribution in [-0.4, -0.2) is 22.0 Å². The van der Waals surface area contributed by atoms with Crippen LogP contribution in [0.1, 0.15) is 57.2 Å². The highest BCUT2D eigenvalue weighted by Crippen LogP contribution is 2.35. The highest BCUT2D eigenvalue weighted by atomic mass is 32.2. The number of rotatable bonds is 5. The van der Waals surface area contributed by atoms with Gasteiger partial charge in [-0.2, -0.15) is 0 Å². The molecular formula is C21H27N3O2S2. The van der Waals surface area contributed by atoms with Crippen LogP contribution in [-0.2, 0) is 21.5 Å². The predicted molar refractivity (Wildman–Crippen MR) is 116 cm³/mol. The van der Waals surface area contributed by atoms with E-state index in [2.05, 4.69) is 36.4 Å². The third-order valence-electron chi connectivity index (χ3n) is 4.55. The van der Waals surface area contributed by atoms with Gasteiger partial charge in [0, 0.05) is 26.6 Å². The Morgan fingerprint density at radius 1 is 1.14 bits per heavy atom. The molecular weight excluding hydrogens is 390 g/mol. The smallest absolute Gasteiger partial charge is 0.313 e. The van der Waals surface area contributed by atoms with E-state index in [1.165, 1.54) is 30.6 Å². The number of hydrogen-bond acceptors (Lipinski definition) is 5. The number of anilines is 1. The summed E-state index contributed by atoms with van der Waals surface area (Å²) in [6.07, 6.45) is 5.19. The maximum atomic E-state index is 12.1. The number of carbonyl (C=O) groups excluding carboxylic acids is 2. The quantitative estimate of drug-likeness (QED) is 0.690. The fourth-order valence-electron chi connectivity index (χ4n) is 2.99. The zero-order chi connectivity index (χ0) is 20.1. The van der Waals surface area contributed by atoms with Gasteiger partial charge in [0.1, 0.15) is 0 Å². The molecule has 0 bridgehead atoms. The first kappa shape index (κ1) is 20.9. The number of hydrogen-bond donors (Lipinski definition) is 2. The number of thiazole rings is 1. The molecule has 2 N–H and O–H groups in total. The summed E-state index contributed by atoms with van der Waals surface area (Å²) < 4.78 is 0. The first-order valence-corrected chi connectivity index (χ1v) is 11.4. The van der Waals surface area contributed by atoms with Crippen LogP contribution < -0.4 is 10.6 Å². The van der Waals surface area contributed by atoms with Gasteiger partial charge in [0.25, 0.3) is 0 Å². The maximum absolute atomic E-state index is 12.1. The summed E-state index contributed by atoms with van der Waals surface area (Å²) in [5, 5.41) is 8.91. The zero-order valence-electron chi connectivity index (χ0n) is 16.6. The molecule has 2 aromatic rings. The molecule has 5 nitrogen and oxygen atoms in total. The van der Waals surface area contributed by atoms with Crippen LogP contribution in [0.5, 0.6) is 0 Å². The summed E-state index contributed by atoms with van der Waals surface area (Å²) in [6.45, 7) is 6.54. The molecule has 1 aliphatic rings. The van der Waals surface area contributed by atoms with Crippen molar-refractivity contribution < 1.29 is 9.59 Å². The van der Waals surface area contributed by atoms with Crippen molar-refractivity contribution in [3.8, 4) is 0 Å². The fraction of sp³-hybridized carbons (Fsp3) is 0.476. The van der Waals surface area contributed by atoms with Crippen molar-refractivity contribution in [2.75, 3.05) is 5.32 Å². The molecule has 0 aliphatic heterocycles. The second-order valence-corrected chi connectivity index (χ2v) is 10.3. The largest absolute Gasteiger partial charge is 0.342 e. The lowest BCUT2D eigenvalue weighted by molar-refractivity contribution is -0.136. The van der Waals surface area contributed by atoms with E-state index in [9.17, 15) is 9.59 Å². The lowest BCUT2D eigenvalue weighted by atomic mass is 9.98. The molecule has 0 unspecified atom stereocenters. The van der Waals surface area contributed by atoms with E-state index in [1.807, 2.05) is 41.4 Å². The third-order valence-corrected chi connectivity index (χ3v) is 7.21. The van der Waals surface area contributed by atoms with Gasteiger partial charge in [-0.15, -0.1) is 23.1 Å². The summed E-state index contributed by atoms with van der Waals surface area (Å²) in [7, 11) is 0. The van der Waals surface area contributed by atoms with Crippen molar-refractivity contribution in [2.45, 2.75) is 68.6 Å². The maximum Gasteiger partial charge on any atom is 0.313 e. The highest BCUT2D eigenvalue weighted by Gasteiger charge is 2.19. The monoisotopic (exact) mass is 417 g/mol. The van der Waals surface area contributed by atoms with E-state index in [4.69, 9.17) is 0 Å². The van der Waals surface area contributed by atoms with E-state index >= 15 is 0 Å². The Balaban J connectivity index is 1.47. The standard InChI is InChI=1S/C21H27N3O2S2/c1-21(2,3)20-24-15(13-27-20)12-22-18(25)19(26)23-14-8-10-17(11-9-14)28-16-6-4-5-7-16/h8-11,13,16H,4-7,12H2,1-3H3,(H,22,25)(H,23,26). The Morgan fingerprint density at radius 2 is 1.82 bits per heavy atom. The lowest BCUT2D eigenvalue weighted by Gasteiger charge is -2.13. The molecule has 150 valence electrons. The van der Waals surface area contributed by atoms with Gasteiger partial charge >= 0.3 is 11.8 Å². The minimum absolute atomic E-state index is 0.0213. The number of amides is 2. The number of aromatic nitrogens is 1. The Hall–Kier alpha value is -1.86. The van der Waals surface area contributed by atoms with Crippen molar-refractivity contribution >= 4 is 40.6 Å². The van der Waals surface area contributed by atoms with Crippen molar-refractivity contribution in [2.24, 2.45) is 0 Å². The predicted octanol–water partition coefficient (Wildman–Crippen LogP) is 4.73. The molecule has 0 radical (unpaired) electrons. The molecule has 2 amide bonds. The van der Waals surface area contributed by atoms with Crippen LogP contribution in [0.4, 0.5) is 5.69 Å². The number of thioether (sulfide) groups is 1. The second kappa shape index (κ2) is 9.09. The van der Waals surface area contributed by atoms with Crippen LogP contribution in [0.3, 0.4) is 0 Å². The van der Waals surface area contributed by atoms with Gasteiger partial charge in [-0.3, -0.25) is 9.59 Å². The minimum Gasteiger partial charge on any atom is -0.342 e. The molecule has 1 aromatic heterocycles. The summed E-state index contributed by atoms with van der Waals surface area (Å²) in [5.74, 6) is -1.32. The second-order valence-electron chi connectivity index (χ2n) is 8.08. The van der Waals surface area contributed by atoms with Crippen molar-refractivity contribution in [3.05, 3.63) is 40.3 Å². The molecule has 7 heteroatoms. The average molecular weight is 418 g/mol. The van der Waals surface area contributed by atoms with E-state index in [1.54, 1.807) is 11.3 Å². The molecule has 0 atom stereocenters. The lowest BCUT2D eigenvalue weighted by Crippen LogP contribution is -2.35. The molecule has 0 saturated heterocycles. The SMILES string of the molecule is CC(C)(C)c1nc(CNC(=O)C(=O)Nc2ccc(SC3CCCC3)cc2)cs1. The van der Waals surface area contributed by atoms with E-state index in [-0.39, 0.29) is 12.0 Å². The summed E-state index contributed by atoms with van der Waals surface area (Å²) in [5.41, 5.74) is 1.37. The van der Waals surface area contributed by atoms with Crippen LogP contribution in [0, 0.1) is 0 Å². The van der Waals surface area contributed by atoms with Crippen LogP contribution in [0.2, 0.25) is 0 Å². The van der Waals surface area contributed by atoms with Gasteiger partial charge in [0.2, 0.25) is 0 Å². The van der Waals surface area contributed by atoms with Gasteiger partial charge < -0.3 is 10.6 Å². The number of nitrogens with zero attached hydrogens (tertiary/aromatic N) is 1. The van der Waals surface area contributed by atoms with Crippen LogP contribution in [0.15, 0.2) is 34.5 Å². The van der Waals surface area contributed by atoms with E-state index in [0.717, 1.165) is 10.7 Å². The summed E-state index contributed by atoms with van der Waals surface area (Å²) in [4.78, 5) is 29.9.